The van der Waals surface area contributed by atoms with E-state index in [1.807, 2.05) is 0 Å². The summed E-state index contributed by atoms with van der Waals surface area (Å²) in [6.07, 6.45) is 2.01. The van der Waals surface area contributed by atoms with Crippen LogP contribution >= 0.6 is 0 Å². The van der Waals surface area contributed by atoms with E-state index in [2.05, 4.69) is 9.71 Å². The molecule has 19 heavy (non-hydrogen) atoms. The lowest BCUT2D eigenvalue weighted by Crippen LogP contribution is -2.14. The van der Waals surface area contributed by atoms with E-state index in [-0.39, 0.29) is 4.90 Å². The molecule has 100 valence electrons. The van der Waals surface area contributed by atoms with E-state index in [9.17, 15) is 12.8 Å². The Bertz CT molecular complexity index is 717. The molecule has 0 amide bonds. The Morgan fingerprint density at radius 1 is 1.32 bits per heavy atom. The molecule has 1 aromatic carbocycles. The minimum atomic E-state index is -3.88. The highest BCUT2D eigenvalue weighted by Gasteiger charge is 2.16. The first-order chi connectivity index (χ1) is 8.90. The number of anilines is 2. The van der Waals surface area contributed by atoms with Gasteiger partial charge in [0.2, 0.25) is 0 Å². The van der Waals surface area contributed by atoms with Crippen LogP contribution in [0.3, 0.4) is 0 Å². The molecule has 0 radical (unpaired) electrons. The number of pyridine rings is 1. The quantitative estimate of drug-likeness (QED) is 0.842. The number of halogens is 1. The molecule has 3 N–H and O–H groups in total. The number of aromatic nitrogens is 1. The summed E-state index contributed by atoms with van der Waals surface area (Å²) in [5.74, 6) is -0.716. The van der Waals surface area contributed by atoms with Gasteiger partial charge in [-0.25, -0.2) is 12.8 Å². The van der Waals surface area contributed by atoms with Crippen molar-refractivity contribution < 1.29 is 12.8 Å². The zero-order chi connectivity index (χ0) is 14.0. The Labute approximate surface area is 110 Å². The highest BCUT2D eigenvalue weighted by Crippen LogP contribution is 2.23. The van der Waals surface area contributed by atoms with Crippen molar-refractivity contribution >= 4 is 21.4 Å². The first-order valence-electron chi connectivity index (χ1n) is 5.38. The second kappa shape index (κ2) is 4.85. The predicted molar refractivity (Wildman–Crippen MR) is 70.6 cm³/mol. The van der Waals surface area contributed by atoms with Gasteiger partial charge in [0.05, 0.1) is 11.9 Å². The molecule has 7 heteroatoms. The topological polar surface area (TPSA) is 85.1 Å². The van der Waals surface area contributed by atoms with E-state index in [0.29, 0.717) is 16.9 Å². The van der Waals surface area contributed by atoms with Gasteiger partial charge in [-0.15, -0.1) is 0 Å². The normalized spacial score (nSPS) is 11.3. The van der Waals surface area contributed by atoms with Gasteiger partial charge in [-0.05, 0) is 30.7 Å². The van der Waals surface area contributed by atoms with Gasteiger partial charge in [0.1, 0.15) is 10.7 Å². The van der Waals surface area contributed by atoms with Crippen LogP contribution < -0.4 is 10.5 Å². The molecule has 0 saturated heterocycles. The van der Waals surface area contributed by atoms with Crippen molar-refractivity contribution in [2.75, 3.05) is 10.5 Å². The first-order valence-corrected chi connectivity index (χ1v) is 6.87. The highest BCUT2D eigenvalue weighted by molar-refractivity contribution is 7.92. The van der Waals surface area contributed by atoms with Gasteiger partial charge in [-0.2, -0.15) is 0 Å². The Hall–Kier alpha value is -2.15. The van der Waals surface area contributed by atoms with Gasteiger partial charge in [0.15, 0.2) is 0 Å². The van der Waals surface area contributed by atoms with E-state index in [1.54, 1.807) is 25.1 Å². The summed E-state index contributed by atoms with van der Waals surface area (Å²) in [6.45, 7) is 1.69. The molecule has 0 spiro atoms. The lowest BCUT2D eigenvalue weighted by atomic mass is 10.2. The van der Waals surface area contributed by atoms with Gasteiger partial charge in [0.25, 0.3) is 10.0 Å². The van der Waals surface area contributed by atoms with Crippen molar-refractivity contribution in [2.45, 2.75) is 11.8 Å². The van der Waals surface area contributed by atoms with Crippen LogP contribution in [0.15, 0.2) is 41.6 Å². The van der Waals surface area contributed by atoms with Crippen molar-refractivity contribution in [1.82, 2.24) is 4.98 Å². The maximum atomic E-state index is 13.0. The number of hydrogen-bond donors (Lipinski definition) is 2. The second-order valence-electron chi connectivity index (χ2n) is 3.96. The van der Waals surface area contributed by atoms with Crippen LogP contribution in [0.1, 0.15) is 5.56 Å². The fraction of sp³-hybridized carbons (Fsp3) is 0.0833. The smallest absolute Gasteiger partial charge is 0.263 e. The van der Waals surface area contributed by atoms with E-state index in [1.165, 1.54) is 0 Å². The number of nitrogens with zero attached hydrogens (tertiary/aromatic N) is 1. The van der Waals surface area contributed by atoms with Gasteiger partial charge in [0, 0.05) is 11.9 Å². The van der Waals surface area contributed by atoms with Gasteiger partial charge >= 0.3 is 0 Å². The standard InChI is InChI=1S/C12H12FN3O2S/c1-8-11(14)3-2-4-12(8)16-19(17,18)10-5-9(13)6-15-7-10/h2-7,16H,14H2,1H3. The van der Waals surface area contributed by atoms with Crippen molar-refractivity contribution in [3.8, 4) is 0 Å². The predicted octanol–water partition coefficient (Wildman–Crippen LogP) is 1.91. The van der Waals surface area contributed by atoms with Gasteiger partial charge in [-0.3, -0.25) is 9.71 Å². The molecule has 0 aliphatic heterocycles. The number of rotatable bonds is 3. The Morgan fingerprint density at radius 3 is 2.74 bits per heavy atom. The molecule has 2 rings (SSSR count). The molecule has 0 aliphatic carbocycles. The molecular formula is C12H12FN3O2S. The van der Waals surface area contributed by atoms with E-state index < -0.39 is 15.8 Å². The average molecular weight is 281 g/mol. The number of nitrogens with two attached hydrogens (primary N) is 1. The number of benzene rings is 1. The summed E-state index contributed by atoms with van der Waals surface area (Å²) >= 11 is 0. The molecule has 1 heterocycles. The summed E-state index contributed by atoms with van der Waals surface area (Å²) < 4.78 is 39.5. The van der Waals surface area contributed by atoms with Crippen molar-refractivity contribution in [1.29, 1.82) is 0 Å². The van der Waals surface area contributed by atoms with Crippen LogP contribution in [-0.4, -0.2) is 13.4 Å². The maximum Gasteiger partial charge on any atom is 0.263 e. The molecule has 0 saturated carbocycles. The monoisotopic (exact) mass is 281 g/mol. The van der Waals surface area contributed by atoms with Crippen LogP contribution in [0.25, 0.3) is 0 Å². The number of nitrogen functional groups attached to an aromatic ring is 1. The van der Waals surface area contributed by atoms with Crippen LogP contribution in [0.2, 0.25) is 0 Å². The lowest BCUT2D eigenvalue weighted by Gasteiger charge is -2.11. The second-order valence-corrected chi connectivity index (χ2v) is 5.65. The average Bonchev–Trinajstić information content (AvgIpc) is 2.35. The number of sulfonamides is 1. The summed E-state index contributed by atoms with van der Waals surface area (Å²) in [6, 6.07) is 5.77. The third kappa shape index (κ3) is 2.82. The first kappa shape index (κ1) is 13.3. The van der Waals surface area contributed by atoms with Crippen LogP contribution in [0, 0.1) is 12.7 Å². The number of hydrogen-bond acceptors (Lipinski definition) is 4. The molecule has 0 fully saturated rings. The van der Waals surface area contributed by atoms with Gasteiger partial charge in [-0.1, -0.05) is 6.07 Å². The highest BCUT2D eigenvalue weighted by atomic mass is 32.2. The Balaban J connectivity index is 2.39. The fourth-order valence-corrected chi connectivity index (χ4v) is 2.60. The lowest BCUT2D eigenvalue weighted by molar-refractivity contribution is 0.592. The molecule has 0 aliphatic rings. The molecule has 0 bridgehead atoms. The summed E-state index contributed by atoms with van der Waals surface area (Å²) in [5, 5.41) is 0. The van der Waals surface area contributed by atoms with Crippen LogP contribution in [0.5, 0.6) is 0 Å². The Kier molecular flexibility index (Phi) is 3.39. The third-order valence-corrected chi connectivity index (χ3v) is 3.94. The van der Waals surface area contributed by atoms with Crippen molar-refractivity contribution in [3.05, 3.63) is 48.0 Å². The summed E-state index contributed by atoms with van der Waals surface area (Å²) in [4.78, 5) is 3.27. The molecular weight excluding hydrogens is 269 g/mol. The minimum Gasteiger partial charge on any atom is -0.398 e. The largest absolute Gasteiger partial charge is 0.398 e. The molecule has 2 aromatic rings. The SMILES string of the molecule is Cc1c(N)cccc1NS(=O)(=O)c1cncc(F)c1. The van der Waals surface area contributed by atoms with Crippen molar-refractivity contribution in [2.24, 2.45) is 0 Å². The third-order valence-electron chi connectivity index (χ3n) is 2.61. The van der Waals surface area contributed by atoms with Gasteiger partial charge < -0.3 is 5.73 Å². The molecule has 1 aromatic heterocycles. The molecule has 5 nitrogen and oxygen atoms in total. The minimum absolute atomic E-state index is 0.241. The van der Waals surface area contributed by atoms with E-state index >= 15 is 0 Å². The number of nitrogens with one attached hydrogen (secondary N) is 1. The van der Waals surface area contributed by atoms with E-state index in [4.69, 9.17) is 5.73 Å². The zero-order valence-electron chi connectivity index (χ0n) is 10.1. The maximum absolute atomic E-state index is 13.0. The fourth-order valence-electron chi connectivity index (χ4n) is 1.51. The Morgan fingerprint density at radius 2 is 2.05 bits per heavy atom. The zero-order valence-corrected chi connectivity index (χ0v) is 10.9. The summed E-state index contributed by atoms with van der Waals surface area (Å²) in [5.41, 5.74) is 7.12. The van der Waals surface area contributed by atoms with E-state index in [0.717, 1.165) is 18.5 Å². The van der Waals surface area contributed by atoms with Crippen LogP contribution in [0.4, 0.5) is 15.8 Å². The summed E-state index contributed by atoms with van der Waals surface area (Å²) in [7, 11) is -3.88. The van der Waals surface area contributed by atoms with Crippen molar-refractivity contribution in [3.63, 3.8) is 0 Å². The molecule has 0 atom stereocenters. The van der Waals surface area contributed by atoms with Crippen LogP contribution in [-0.2, 0) is 10.0 Å². The molecule has 0 unspecified atom stereocenters.